The highest BCUT2D eigenvalue weighted by Gasteiger charge is 1.78. The summed E-state index contributed by atoms with van der Waals surface area (Å²) in [5.74, 6) is 0.190. The Kier molecular flexibility index (Phi) is 6.67. The zero-order valence-corrected chi connectivity index (χ0v) is 7.49. The van der Waals surface area contributed by atoms with Gasteiger partial charge in [0.15, 0.2) is 0 Å². The second-order valence-electron chi connectivity index (χ2n) is 2.55. The van der Waals surface area contributed by atoms with Crippen molar-refractivity contribution in [2.24, 2.45) is 5.92 Å². The maximum absolute atomic E-state index is 7.89. The van der Waals surface area contributed by atoms with E-state index in [1.807, 2.05) is 56.6 Å². The number of hydrogen-bond donors (Lipinski definition) is 1. The van der Waals surface area contributed by atoms with Gasteiger partial charge in [-0.05, 0) is 26.0 Å². The van der Waals surface area contributed by atoms with Gasteiger partial charge in [-0.15, -0.1) is 0 Å². The van der Waals surface area contributed by atoms with Crippen LogP contribution in [0, 0.1) is 17.2 Å². The van der Waals surface area contributed by atoms with E-state index in [-0.39, 0.29) is 5.92 Å². The summed E-state index contributed by atoms with van der Waals surface area (Å²) in [5, 5.41) is 10.8. The van der Waals surface area contributed by atoms with Gasteiger partial charge in [0.1, 0.15) is 0 Å². The summed E-state index contributed by atoms with van der Waals surface area (Å²) in [6, 6.07) is 2.03. The first-order valence-corrected chi connectivity index (χ1v) is 3.91. The van der Waals surface area contributed by atoms with E-state index in [0.29, 0.717) is 0 Å². The monoisotopic (exact) mass is 162 g/mol. The van der Waals surface area contributed by atoms with Crippen molar-refractivity contribution in [2.45, 2.75) is 13.8 Å². The van der Waals surface area contributed by atoms with Gasteiger partial charge in [0.2, 0.25) is 0 Å². The van der Waals surface area contributed by atoms with Crippen molar-refractivity contribution in [3.63, 3.8) is 0 Å². The molecular formula is C10H14N2. The predicted octanol–water partition coefficient (Wildman–Crippen LogP) is 2.34. The van der Waals surface area contributed by atoms with E-state index in [0.717, 1.165) is 0 Å². The van der Waals surface area contributed by atoms with Gasteiger partial charge in [0.25, 0.3) is 0 Å². The molecule has 2 heteroatoms. The molecule has 0 fully saturated rings. The Hall–Kier alpha value is -1.49. The molecule has 0 aromatic carbocycles. The molecular weight excluding hydrogens is 148 g/mol. The first-order valence-electron chi connectivity index (χ1n) is 3.91. The summed E-state index contributed by atoms with van der Waals surface area (Å²) in [4.78, 5) is 0. The SMILES string of the molecule is C1=CC=CNC=C1.CC(C)C#N. The van der Waals surface area contributed by atoms with E-state index in [1.54, 1.807) is 0 Å². The van der Waals surface area contributed by atoms with Crippen LogP contribution < -0.4 is 5.32 Å². The Labute approximate surface area is 73.9 Å². The van der Waals surface area contributed by atoms with Gasteiger partial charge in [-0.2, -0.15) is 5.26 Å². The minimum atomic E-state index is 0.190. The number of nitriles is 1. The van der Waals surface area contributed by atoms with Crippen molar-refractivity contribution < 1.29 is 0 Å². The van der Waals surface area contributed by atoms with Crippen molar-refractivity contribution in [1.29, 1.82) is 5.26 Å². The van der Waals surface area contributed by atoms with E-state index >= 15 is 0 Å². The Balaban J connectivity index is 0.000000217. The molecule has 0 saturated heterocycles. The normalized spacial score (nSPS) is 12.5. The minimum Gasteiger partial charge on any atom is -0.368 e. The molecule has 1 rings (SSSR count). The number of nitrogens with zero attached hydrogens (tertiary/aromatic N) is 1. The number of allylic oxidation sites excluding steroid dienone is 4. The van der Waals surface area contributed by atoms with Gasteiger partial charge in [0.05, 0.1) is 6.07 Å². The fourth-order valence-electron chi connectivity index (χ4n) is 0.406. The molecule has 0 bridgehead atoms. The highest BCUT2D eigenvalue weighted by molar-refractivity contribution is 5.14. The Morgan fingerprint density at radius 1 is 1.08 bits per heavy atom. The maximum atomic E-state index is 7.89. The summed E-state index contributed by atoms with van der Waals surface area (Å²) in [5.41, 5.74) is 0. The van der Waals surface area contributed by atoms with E-state index in [4.69, 9.17) is 5.26 Å². The molecule has 0 spiro atoms. The molecule has 0 saturated carbocycles. The molecule has 12 heavy (non-hydrogen) atoms. The van der Waals surface area contributed by atoms with Crippen LogP contribution >= 0.6 is 0 Å². The third kappa shape index (κ3) is 8.51. The molecule has 1 N–H and O–H groups in total. The molecule has 0 aromatic heterocycles. The van der Waals surface area contributed by atoms with Crippen molar-refractivity contribution in [1.82, 2.24) is 5.32 Å². The van der Waals surface area contributed by atoms with Crippen molar-refractivity contribution in [3.8, 4) is 6.07 Å². The molecule has 0 aromatic rings. The van der Waals surface area contributed by atoms with Crippen LogP contribution in [0.15, 0.2) is 36.7 Å². The van der Waals surface area contributed by atoms with Gasteiger partial charge in [-0.25, -0.2) is 0 Å². The first-order chi connectivity index (χ1) is 5.77. The summed E-state index contributed by atoms with van der Waals surface area (Å²) in [7, 11) is 0. The standard InChI is InChI=1S/C6H7N.C4H7N/c1-2-4-6-7-5-3-1;1-4(2)3-5/h1-7H;4H,1-2H3. The van der Waals surface area contributed by atoms with E-state index in [2.05, 4.69) is 5.32 Å². The summed E-state index contributed by atoms with van der Waals surface area (Å²) >= 11 is 0. The Morgan fingerprint density at radius 3 is 1.83 bits per heavy atom. The highest BCUT2D eigenvalue weighted by Crippen LogP contribution is 1.82. The van der Waals surface area contributed by atoms with E-state index in [9.17, 15) is 0 Å². The molecule has 0 amide bonds. The second kappa shape index (κ2) is 7.62. The molecule has 64 valence electrons. The fourth-order valence-corrected chi connectivity index (χ4v) is 0.406. The first kappa shape index (κ1) is 10.5. The van der Waals surface area contributed by atoms with Crippen LogP contribution in [-0.2, 0) is 0 Å². The smallest absolute Gasteiger partial charge is 0.0649 e. The molecule has 1 aliphatic rings. The molecule has 0 radical (unpaired) electrons. The average Bonchev–Trinajstić information content (AvgIpc) is 2.35. The van der Waals surface area contributed by atoms with Crippen LogP contribution in [0.4, 0.5) is 0 Å². The number of nitrogens with one attached hydrogen (secondary N) is 1. The lowest BCUT2D eigenvalue weighted by molar-refractivity contribution is 0.849. The average molecular weight is 162 g/mol. The number of hydrogen-bond acceptors (Lipinski definition) is 2. The van der Waals surface area contributed by atoms with Crippen molar-refractivity contribution in [3.05, 3.63) is 36.7 Å². The Bertz CT molecular complexity index is 202. The molecule has 0 atom stereocenters. The highest BCUT2D eigenvalue weighted by atomic mass is 14.8. The van der Waals surface area contributed by atoms with E-state index < -0.39 is 0 Å². The van der Waals surface area contributed by atoms with Crippen LogP contribution in [0.5, 0.6) is 0 Å². The summed E-state index contributed by atoms with van der Waals surface area (Å²) < 4.78 is 0. The lowest BCUT2D eigenvalue weighted by atomic mass is 10.3. The zero-order valence-electron chi connectivity index (χ0n) is 7.49. The third-order valence-corrected chi connectivity index (χ3v) is 0.976. The van der Waals surface area contributed by atoms with Crippen LogP contribution in [0.2, 0.25) is 0 Å². The largest absolute Gasteiger partial charge is 0.368 e. The van der Waals surface area contributed by atoms with Gasteiger partial charge in [-0.3, -0.25) is 0 Å². The molecule has 2 nitrogen and oxygen atoms in total. The topological polar surface area (TPSA) is 35.8 Å². The summed E-state index contributed by atoms with van der Waals surface area (Å²) in [6.45, 7) is 3.72. The maximum Gasteiger partial charge on any atom is 0.0649 e. The van der Waals surface area contributed by atoms with E-state index in [1.165, 1.54) is 0 Å². The molecule has 0 aliphatic carbocycles. The van der Waals surface area contributed by atoms with Crippen LogP contribution in [0.3, 0.4) is 0 Å². The quantitative estimate of drug-likeness (QED) is 0.593. The third-order valence-electron chi connectivity index (χ3n) is 0.976. The predicted molar refractivity (Wildman–Crippen MR) is 51.0 cm³/mol. The zero-order chi connectivity index (χ0) is 9.23. The van der Waals surface area contributed by atoms with Gasteiger partial charge < -0.3 is 5.32 Å². The molecule has 0 unspecified atom stereocenters. The van der Waals surface area contributed by atoms with Crippen LogP contribution in [0.1, 0.15) is 13.8 Å². The van der Waals surface area contributed by atoms with Gasteiger partial charge in [0, 0.05) is 18.3 Å². The van der Waals surface area contributed by atoms with Gasteiger partial charge in [-0.1, -0.05) is 12.2 Å². The lowest BCUT2D eigenvalue weighted by Gasteiger charge is -1.79. The second-order valence-corrected chi connectivity index (χ2v) is 2.55. The molecule has 1 heterocycles. The van der Waals surface area contributed by atoms with Gasteiger partial charge >= 0.3 is 0 Å². The minimum absolute atomic E-state index is 0.190. The lowest BCUT2D eigenvalue weighted by Crippen LogP contribution is -1.87. The fraction of sp³-hybridized carbons (Fsp3) is 0.300. The molecule has 1 aliphatic heterocycles. The van der Waals surface area contributed by atoms with Crippen molar-refractivity contribution >= 4 is 0 Å². The van der Waals surface area contributed by atoms with Crippen LogP contribution in [-0.4, -0.2) is 0 Å². The number of rotatable bonds is 0. The Morgan fingerprint density at radius 2 is 1.50 bits per heavy atom. The van der Waals surface area contributed by atoms with Crippen molar-refractivity contribution in [2.75, 3.05) is 0 Å². The van der Waals surface area contributed by atoms with Crippen LogP contribution in [0.25, 0.3) is 0 Å². The summed E-state index contributed by atoms with van der Waals surface area (Å²) in [6.07, 6.45) is 11.6.